The van der Waals surface area contributed by atoms with Crippen LogP contribution in [0, 0.1) is 6.20 Å². The molecule has 0 atom stereocenters. The van der Waals surface area contributed by atoms with Gasteiger partial charge in [-0.2, -0.15) is 17.8 Å². The van der Waals surface area contributed by atoms with E-state index >= 15 is 0 Å². The van der Waals surface area contributed by atoms with Gasteiger partial charge in [-0.1, -0.05) is 13.3 Å². The number of rotatable bonds is 1. The van der Waals surface area contributed by atoms with Crippen molar-refractivity contribution in [3.8, 4) is 0 Å². The lowest BCUT2D eigenvalue weighted by atomic mass is 10.3. The van der Waals surface area contributed by atoms with Crippen molar-refractivity contribution >= 4 is 0 Å². The molecule has 1 rings (SSSR count). The van der Waals surface area contributed by atoms with Gasteiger partial charge >= 0.3 is 0 Å². The fourth-order valence-electron chi connectivity index (χ4n) is 0.525. The van der Waals surface area contributed by atoms with E-state index in [1.54, 1.807) is 0 Å². The Balaban J connectivity index is 2.76. The van der Waals surface area contributed by atoms with Gasteiger partial charge < -0.3 is 4.98 Å². The average molecular weight is 94.1 g/mol. The summed E-state index contributed by atoms with van der Waals surface area (Å²) in [5.74, 6) is 0. The highest BCUT2D eigenvalue weighted by molar-refractivity contribution is 5.05. The van der Waals surface area contributed by atoms with Gasteiger partial charge in [-0.25, -0.2) is 0 Å². The van der Waals surface area contributed by atoms with Gasteiger partial charge in [0.2, 0.25) is 0 Å². The first-order valence-electron chi connectivity index (χ1n) is 2.47. The van der Waals surface area contributed by atoms with Gasteiger partial charge in [-0.05, 0) is 0 Å². The van der Waals surface area contributed by atoms with Gasteiger partial charge in [0.05, 0.1) is 0 Å². The van der Waals surface area contributed by atoms with E-state index in [0.717, 1.165) is 6.42 Å². The summed E-state index contributed by atoms with van der Waals surface area (Å²) >= 11 is 0. The van der Waals surface area contributed by atoms with Gasteiger partial charge in [0, 0.05) is 0 Å². The van der Waals surface area contributed by atoms with Crippen LogP contribution < -0.4 is 0 Å². The van der Waals surface area contributed by atoms with E-state index in [0.29, 0.717) is 0 Å². The van der Waals surface area contributed by atoms with Crippen LogP contribution in [0.1, 0.15) is 12.5 Å². The maximum Gasteiger partial charge on any atom is -0.0533 e. The fourth-order valence-corrected chi connectivity index (χ4v) is 0.525. The second-order valence-electron chi connectivity index (χ2n) is 1.48. The van der Waals surface area contributed by atoms with E-state index < -0.39 is 0 Å². The topological polar surface area (TPSA) is 15.8 Å². The molecule has 1 heterocycles. The fraction of sp³-hybridized carbons (Fsp3) is 0.333. The Morgan fingerprint density at radius 1 is 1.86 bits per heavy atom. The van der Waals surface area contributed by atoms with Crippen LogP contribution in [0.25, 0.3) is 0 Å². The summed E-state index contributed by atoms with van der Waals surface area (Å²) in [5, 5.41) is 0. The Bertz CT molecular complexity index is 119. The van der Waals surface area contributed by atoms with E-state index in [1.807, 2.05) is 12.3 Å². The van der Waals surface area contributed by atoms with Gasteiger partial charge in [0.25, 0.3) is 0 Å². The number of nitrogens with one attached hydrogen (secondary N) is 1. The first kappa shape index (κ1) is 4.44. The summed E-state index contributed by atoms with van der Waals surface area (Å²) < 4.78 is 0. The summed E-state index contributed by atoms with van der Waals surface area (Å²) in [4.78, 5) is 2.86. The summed E-state index contributed by atoms with van der Waals surface area (Å²) in [5.41, 5.74) is 1.25. The van der Waals surface area contributed by atoms with Crippen molar-refractivity contribution in [1.82, 2.24) is 4.98 Å². The molecule has 1 N–H and O–H groups in total. The molecule has 0 aliphatic rings. The number of aryl methyl sites for hydroxylation is 1. The number of hydrogen-bond donors (Lipinski definition) is 1. The third-order valence-corrected chi connectivity index (χ3v) is 0.981. The molecule has 0 aliphatic heterocycles. The standard InChI is InChI=1S/C6H8N/c1-2-6-3-4-7-5-6/h3-4,7H,2H2,1H3/q-1. The van der Waals surface area contributed by atoms with Gasteiger partial charge in [-0.15, -0.1) is 6.20 Å². The third kappa shape index (κ3) is 0.829. The molecule has 0 spiro atoms. The average Bonchev–Trinajstić information content (AvgIpc) is 2.14. The Morgan fingerprint density at radius 3 is 3.00 bits per heavy atom. The Hall–Kier alpha value is -0.720. The molecule has 1 nitrogen and oxygen atoms in total. The molecule has 1 aromatic heterocycles. The van der Waals surface area contributed by atoms with Crippen molar-refractivity contribution in [3.63, 3.8) is 0 Å². The Labute approximate surface area is 43.4 Å². The van der Waals surface area contributed by atoms with Gasteiger partial charge in [-0.3, -0.25) is 0 Å². The molecular weight excluding hydrogens is 86.1 g/mol. The van der Waals surface area contributed by atoms with Crippen molar-refractivity contribution in [2.45, 2.75) is 13.3 Å². The molecule has 0 bridgehead atoms. The molecule has 0 unspecified atom stereocenters. The zero-order valence-corrected chi connectivity index (χ0v) is 4.36. The predicted octanol–water partition coefficient (Wildman–Crippen LogP) is 1.38. The van der Waals surface area contributed by atoms with E-state index in [9.17, 15) is 0 Å². The highest BCUT2D eigenvalue weighted by atomic mass is 14.6. The van der Waals surface area contributed by atoms with Crippen LogP contribution in [0.15, 0.2) is 12.3 Å². The number of hydrogen-bond acceptors (Lipinski definition) is 0. The molecule has 0 amide bonds. The molecule has 0 saturated carbocycles. The van der Waals surface area contributed by atoms with Crippen LogP contribution in [0.2, 0.25) is 0 Å². The quantitative estimate of drug-likeness (QED) is 0.506. The van der Waals surface area contributed by atoms with Crippen molar-refractivity contribution in [1.29, 1.82) is 0 Å². The molecule has 1 aromatic rings. The van der Waals surface area contributed by atoms with Crippen molar-refractivity contribution < 1.29 is 0 Å². The van der Waals surface area contributed by atoms with Crippen molar-refractivity contribution in [3.05, 3.63) is 24.0 Å². The summed E-state index contributed by atoms with van der Waals surface area (Å²) in [6, 6.07) is 2.03. The summed E-state index contributed by atoms with van der Waals surface area (Å²) in [6.45, 7) is 2.11. The zero-order valence-electron chi connectivity index (χ0n) is 4.36. The molecular formula is C6H8N-. The van der Waals surface area contributed by atoms with Gasteiger partial charge in [0.1, 0.15) is 0 Å². The Morgan fingerprint density at radius 2 is 2.71 bits per heavy atom. The van der Waals surface area contributed by atoms with Crippen molar-refractivity contribution in [2.75, 3.05) is 0 Å². The highest BCUT2D eigenvalue weighted by Crippen LogP contribution is 1.93. The molecule has 38 valence electrons. The minimum Gasteiger partial charge on any atom is -0.484 e. The smallest absolute Gasteiger partial charge is 0.0533 e. The molecule has 0 aliphatic carbocycles. The second-order valence-corrected chi connectivity index (χ2v) is 1.48. The second kappa shape index (κ2) is 1.82. The zero-order chi connectivity index (χ0) is 5.11. The monoisotopic (exact) mass is 94.1 g/mol. The van der Waals surface area contributed by atoms with E-state index in [1.165, 1.54) is 5.56 Å². The van der Waals surface area contributed by atoms with Crippen LogP contribution in [0.5, 0.6) is 0 Å². The number of aromatic nitrogens is 1. The lowest BCUT2D eigenvalue weighted by Crippen LogP contribution is -1.68. The largest absolute Gasteiger partial charge is 0.484 e. The summed E-state index contributed by atoms with van der Waals surface area (Å²) in [6.07, 6.45) is 5.92. The molecule has 0 radical (unpaired) electrons. The number of aromatic amines is 1. The Kier molecular flexibility index (Phi) is 1.16. The van der Waals surface area contributed by atoms with E-state index in [2.05, 4.69) is 18.1 Å². The SMILES string of the molecule is CCc1[c-][nH]cc1. The maximum absolute atomic E-state index is 2.96. The normalized spacial score (nSPS) is 9.29. The maximum atomic E-state index is 2.96. The van der Waals surface area contributed by atoms with E-state index in [4.69, 9.17) is 0 Å². The molecule has 7 heavy (non-hydrogen) atoms. The minimum atomic E-state index is 1.07. The minimum absolute atomic E-state index is 1.07. The van der Waals surface area contributed by atoms with Crippen LogP contribution >= 0.6 is 0 Å². The lowest BCUT2D eigenvalue weighted by molar-refractivity contribution is 1.14. The molecule has 1 heteroatoms. The van der Waals surface area contributed by atoms with Crippen LogP contribution in [-0.4, -0.2) is 4.98 Å². The van der Waals surface area contributed by atoms with Crippen molar-refractivity contribution in [2.24, 2.45) is 0 Å². The van der Waals surface area contributed by atoms with Crippen LogP contribution in [-0.2, 0) is 6.42 Å². The summed E-state index contributed by atoms with van der Waals surface area (Å²) in [7, 11) is 0. The first-order valence-corrected chi connectivity index (χ1v) is 2.47. The van der Waals surface area contributed by atoms with Gasteiger partial charge in [0.15, 0.2) is 0 Å². The van der Waals surface area contributed by atoms with Crippen LogP contribution in [0.4, 0.5) is 0 Å². The van der Waals surface area contributed by atoms with Crippen LogP contribution in [0.3, 0.4) is 0 Å². The lowest BCUT2D eigenvalue weighted by Gasteiger charge is -1.87. The predicted molar refractivity (Wildman–Crippen MR) is 29.0 cm³/mol. The molecule has 0 saturated heterocycles. The van der Waals surface area contributed by atoms with E-state index in [-0.39, 0.29) is 0 Å². The first-order chi connectivity index (χ1) is 3.43. The molecule has 0 aromatic carbocycles. The number of H-pyrrole nitrogens is 1. The highest BCUT2D eigenvalue weighted by Gasteiger charge is 1.71. The molecule has 0 fully saturated rings. The third-order valence-electron chi connectivity index (χ3n) is 0.981.